The molecule has 196 valence electrons. The van der Waals surface area contributed by atoms with Crippen LogP contribution in [-0.2, 0) is 19.2 Å². The van der Waals surface area contributed by atoms with Crippen LogP contribution in [0.1, 0.15) is 11.1 Å². The summed E-state index contributed by atoms with van der Waals surface area (Å²) in [6.07, 6.45) is 0. The van der Waals surface area contributed by atoms with Crippen molar-refractivity contribution in [3.63, 3.8) is 0 Å². The Kier molecular flexibility index (Phi) is 16.2. The third-order valence-electron chi connectivity index (χ3n) is 5.92. The molecule has 0 aliphatic heterocycles. The Hall–Kier alpha value is -2.39. The average Bonchev–Trinajstić information content (AvgIpc) is 3.46. The van der Waals surface area contributed by atoms with Gasteiger partial charge in [-0.3, -0.25) is 0 Å². The van der Waals surface area contributed by atoms with Crippen molar-refractivity contribution in [1.82, 2.24) is 0 Å². The fourth-order valence-corrected chi connectivity index (χ4v) is 4.35. The molecule has 0 unspecified atom stereocenters. The van der Waals surface area contributed by atoms with Crippen molar-refractivity contribution in [2.24, 2.45) is 0 Å². The van der Waals surface area contributed by atoms with Crippen LogP contribution in [0.25, 0.3) is 43.8 Å². The average molecular weight is 590 g/mol. The van der Waals surface area contributed by atoms with Gasteiger partial charge >= 0.3 is 26.8 Å². The van der Waals surface area contributed by atoms with E-state index >= 15 is 0 Å². The first-order valence-electron chi connectivity index (χ1n) is 11.4. The van der Waals surface area contributed by atoms with E-state index in [1.807, 2.05) is 0 Å². The number of benzene rings is 4. The second-order valence-corrected chi connectivity index (χ2v) is 8.48. The minimum absolute atomic E-state index is 0. The Labute approximate surface area is 255 Å². The molecule has 0 aliphatic carbocycles. The molecule has 2 radical (unpaired) electrons. The van der Waals surface area contributed by atoms with Crippen molar-refractivity contribution in [3.05, 3.63) is 147 Å². The van der Waals surface area contributed by atoms with Crippen LogP contribution in [0.15, 0.2) is 121 Å². The van der Waals surface area contributed by atoms with Crippen LogP contribution in [0, 0.1) is 28.7 Å². The Bertz CT molecular complexity index is 1390. The molecule has 0 saturated heterocycles. The molecular weight excluding hydrogens is 555 g/mol. The molecule has 6 aromatic carbocycles. The van der Waals surface area contributed by atoms with Crippen LogP contribution in [0.3, 0.4) is 0 Å². The van der Waals surface area contributed by atoms with Crippen molar-refractivity contribution in [3.8, 4) is 22.3 Å². The van der Waals surface area contributed by atoms with Crippen LogP contribution < -0.4 is 0 Å². The van der Waals surface area contributed by atoms with Gasteiger partial charge in [-0.25, -0.2) is 0 Å². The summed E-state index contributed by atoms with van der Waals surface area (Å²) < 4.78 is 0. The third kappa shape index (κ3) is 8.83. The second kappa shape index (κ2) is 17.2. The van der Waals surface area contributed by atoms with Gasteiger partial charge in [-0.1, -0.05) is 98.8 Å². The van der Waals surface area contributed by atoms with Gasteiger partial charge in [0.2, 0.25) is 0 Å². The van der Waals surface area contributed by atoms with Gasteiger partial charge < -0.3 is 14.9 Å². The SMILES string of the molecule is Cc1cc2cc(-c3ccccc3)ccc2[cH-]1.Cc1cc2cc(-c3ccccc3)ccc2[cH-]1.Cl.Cl.[CH3-].[CH3-].[Si]=[Ti]. The zero-order valence-corrected chi connectivity index (χ0v) is 26.6. The van der Waals surface area contributed by atoms with Crippen molar-refractivity contribution in [1.29, 1.82) is 0 Å². The third-order valence-corrected chi connectivity index (χ3v) is 5.92. The van der Waals surface area contributed by atoms with Gasteiger partial charge in [-0.05, 0) is 22.3 Å². The molecule has 6 aromatic rings. The molecule has 4 heteroatoms. The molecule has 0 fully saturated rings. The summed E-state index contributed by atoms with van der Waals surface area (Å²) in [5.41, 5.74) is 7.81. The Balaban J connectivity index is 0.000000616. The van der Waals surface area contributed by atoms with Crippen molar-refractivity contribution in [2.75, 3.05) is 0 Å². The molecule has 0 N–H and O–H groups in total. The number of hydrogen-bond acceptors (Lipinski definition) is 0. The summed E-state index contributed by atoms with van der Waals surface area (Å²) in [6.45, 7) is 4.28. The first kappa shape index (κ1) is 35.6. The first-order valence-corrected chi connectivity index (χ1v) is 14.2. The molecule has 0 saturated carbocycles. The number of rotatable bonds is 2. The molecule has 0 bridgehead atoms. The zero-order valence-electron chi connectivity index (χ0n) is 22.4. The number of fused-ring (bicyclic) bond motifs is 2. The summed E-state index contributed by atoms with van der Waals surface area (Å²) in [5, 5.41) is 5.33. The summed E-state index contributed by atoms with van der Waals surface area (Å²) >= 11 is 1.81. The quantitative estimate of drug-likeness (QED) is 0.139. The van der Waals surface area contributed by atoms with Crippen LogP contribution in [0.4, 0.5) is 0 Å². The van der Waals surface area contributed by atoms with E-state index in [0.717, 1.165) is 0 Å². The molecule has 6 rings (SSSR count). The normalized spacial score (nSPS) is 9.18. The van der Waals surface area contributed by atoms with Gasteiger partial charge in [0.05, 0.1) is 0 Å². The number of hydrogen-bond donors (Lipinski definition) is 0. The molecule has 0 nitrogen and oxygen atoms in total. The standard InChI is InChI=1S/2C16H13.2CH3.2ClH.Si.Ti/c2*1-12-9-14-7-8-15(11-16(14)10-12)13-5-3-2-4-6-13;;;;;;/h2*2-11H,1H3;2*1H3;2*1H;;/q4*-1;;;;. The first-order chi connectivity index (χ1) is 16.7. The van der Waals surface area contributed by atoms with E-state index in [1.165, 1.54) is 54.9 Å². The van der Waals surface area contributed by atoms with Crippen molar-refractivity contribution < 1.29 is 19.2 Å². The topological polar surface area (TPSA) is 0 Å². The summed E-state index contributed by atoms with van der Waals surface area (Å²) in [4.78, 5) is 0. The van der Waals surface area contributed by atoms with Gasteiger partial charge in [0, 0.05) is 0 Å². The van der Waals surface area contributed by atoms with E-state index in [4.69, 9.17) is 0 Å². The van der Waals surface area contributed by atoms with Crippen LogP contribution in [0.5, 0.6) is 0 Å². The van der Waals surface area contributed by atoms with E-state index in [-0.39, 0.29) is 39.7 Å². The molecule has 0 spiro atoms. The molecule has 0 atom stereocenters. The van der Waals surface area contributed by atoms with E-state index < -0.39 is 0 Å². The van der Waals surface area contributed by atoms with Crippen LogP contribution in [0.2, 0.25) is 0 Å². The van der Waals surface area contributed by atoms with Crippen LogP contribution >= 0.6 is 24.8 Å². The van der Waals surface area contributed by atoms with Gasteiger partial charge in [-0.2, -0.15) is 12.1 Å². The fraction of sp³-hybridized carbons (Fsp3) is 0.0588. The maximum atomic E-state index is 2.97. The molecule has 0 heterocycles. The van der Waals surface area contributed by atoms with Gasteiger partial charge in [0.1, 0.15) is 0 Å². The Morgan fingerprint density at radius 1 is 0.474 bits per heavy atom. The molecule has 38 heavy (non-hydrogen) atoms. The monoisotopic (exact) mass is 588 g/mol. The number of halogens is 2. The number of aryl methyl sites for hydroxylation is 2. The fourth-order valence-electron chi connectivity index (χ4n) is 4.35. The Morgan fingerprint density at radius 2 is 0.816 bits per heavy atom. The second-order valence-electron chi connectivity index (χ2n) is 8.48. The molecule has 0 amide bonds. The Morgan fingerprint density at radius 3 is 1.16 bits per heavy atom. The van der Waals surface area contributed by atoms with Crippen LogP contribution in [-0.4, -0.2) is 7.63 Å². The van der Waals surface area contributed by atoms with Gasteiger partial charge in [-0.15, -0.1) is 81.8 Å². The zero-order chi connectivity index (χ0) is 23.9. The van der Waals surface area contributed by atoms with E-state index in [1.54, 1.807) is 19.2 Å². The van der Waals surface area contributed by atoms with E-state index in [9.17, 15) is 0 Å². The predicted molar refractivity (Wildman–Crippen MR) is 173 cm³/mol. The summed E-state index contributed by atoms with van der Waals surface area (Å²) in [5.74, 6) is 0. The maximum absolute atomic E-state index is 2.97. The van der Waals surface area contributed by atoms with E-state index in [2.05, 4.69) is 143 Å². The molecule has 0 aliphatic rings. The van der Waals surface area contributed by atoms with Gasteiger partial charge in [0.15, 0.2) is 0 Å². The predicted octanol–water partition coefficient (Wildman–Crippen LogP) is 10.4. The summed E-state index contributed by atoms with van der Waals surface area (Å²) in [6, 6.07) is 43.2. The minimum atomic E-state index is 0. The van der Waals surface area contributed by atoms with E-state index in [0.29, 0.717) is 0 Å². The molecular formula is C34H34Cl2SiTi-4. The molecule has 0 aromatic heterocycles. The van der Waals surface area contributed by atoms with Crippen molar-refractivity contribution in [2.45, 2.75) is 13.8 Å². The summed E-state index contributed by atoms with van der Waals surface area (Å²) in [7, 11) is 2.97. The van der Waals surface area contributed by atoms with Crippen molar-refractivity contribution >= 4 is 54.0 Å². The van der Waals surface area contributed by atoms with Gasteiger partial charge in [0.25, 0.3) is 0 Å².